The van der Waals surface area contributed by atoms with E-state index in [0.29, 0.717) is 44.0 Å². The van der Waals surface area contributed by atoms with E-state index in [1.807, 2.05) is 20.2 Å². The number of aryl methyl sites for hydroxylation is 1. The molecule has 0 amide bonds. The number of nitrogens with zero attached hydrogens (tertiary/aromatic N) is 9. The van der Waals surface area contributed by atoms with Crippen molar-refractivity contribution in [3.8, 4) is 0 Å². The molecule has 1 unspecified atom stereocenters. The number of anilines is 4. The van der Waals surface area contributed by atoms with Crippen LogP contribution < -0.4 is 20.9 Å². The number of halogens is 1. The second-order valence-electron chi connectivity index (χ2n) is 8.59. The van der Waals surface area contributed by atoms with Crippen molar-refractivity contribution in [2.75, 3.05) is 41.3 Å². The zero-order valence-electron chi connectivity index (χ0n) is 19.5. The number of piperazine rings is 1. The van der Waals surface area contributed by atoms with Crippen LogP contribution in [0, 0.1) is 5.82 Å². The van der Waals surface area contributed by atoms with Crippen molar-refractivity contribution in [2.45, 2.75) is 12.5 Å². The maximum atomic E-state index is 13.3. The van der Waals surface area contributed by atoms with E-state index in [9.17, 15) is 4.39 Å². The maximum Gasteiger partial charge on any atom is 0.232 e. The van der Waals surface area contributed by atoms with Gasteiger partial charge >= 0.3 is 0 Å². The van der Waals surface area contributed by atoms with E-state index in [-0.39, 0.29) is 5.82 Å². The third kappa shape index (κ3) is 4.87. The topological polar surface area (TPSA) is 127 Å². The van der Waals surface area contributed by atoms with Gasteiger partial charge in [0.15, 0.2) is 0 Å². The third-order valence-corrected chi connectivity index (χ3v) is 6.05. The summed E-state index contributed by atoms with van der Waals surface area (Å²) in [6, 6.07) is 6.17. The zero-order valence-corrected chi connectivity index (χ0v) is 19.5. The van der Waals surface area contributed by atoms with Crippen LogP contribution in [0.3, 0.4) is 0 Å². The quantitative estimate of drug-likeness (QED) is 0.426. The molecule has 3 aromatic heterocycles. The van der Waals surface area contributed by atoms with Crippen LogP contribution in [0.4, 0.5) is 27.9 Å². The first-order chi connectivity index (χ1) is 16.9. The minimum Gasteiger partial charge on any atom is -0.337 e. The fraction of sp³-hybridized carbons (Fsp3) is 0.304. The van der Waals surface area contributed by atoms with E-state index in [4.69, 9.17) is 5.73 Å². The predicted molar refractivity (Wildman–Crippen MR) is 130 cm³/mol. The van der Waals surface area contributed by atoms with Crippen molar-refractivity contribution in [2.24, 2.45) is 12.8 Å². The minimum atomic E-state index is -0.828. The van der Waals surface area contributed by atoms with Crippen molar-refractivity contribution >= 4 is 23.5 Å². The Labute approximate surface area is 201 Å². The molecule has 11 nitrogen and oxygen atoms in total. The van der Waals surface area contributed by atoms with E-state index in [1.54, 1.807) is 35.4 Å². The highest BCUT2D eigenvalue weighted by molar-refractivity contribution is 5.51. The molecule has 1 aliphatic rings. The van der Waals surface area contributed by atoms with Gasteiger partial charge in [0.05, 0.1) is 17.4 Å². The Kier molecular flexibility index (Phi) is 5.95. The van der Waals surface area contributed by atoms with E-state index >= 15 is 0 Å². The summed E-state index contributed by atoms with van der Waals surface area (Å²) in [5, 5.41) is 7.27. The number of rotatable bonds is 6. The average Bonchev–Trinajstić information content (AvgIpc) is 3.29. The van der Waals surface area contributed by atoms with E-state index in [1.165, 1.54) is 18.5 Å². The summed E-state index contributed by atoms with van der Waals surface area (Å²) >= 11 is 0. The molecule has 0 saturated carbocycles. The largest absolute Gasteiger partial charge is 0.337 e. The van der Waals surface area contributed by atoms with Gasteiger partial charge in [0, 0.05) is 57.4 Å². The lowest BCUT2D eigenvalue weighted by Gasteiger charge is -2.35. The van der Waals surface area contributed by atoms with Gasteiger partial charge in [-0.15, -0.1) is 0 Å². The molecular weight excluding hydrogens is 449 g/mol. The van der Waals surface area contributed by atoms with E-state index < -0.39 is 5.54 Å². The first kappa shape index (κ1) is 22.6. The fourth-order valence-corrected chi connectivity index (χ4v) is 3.94. The molecule has 4 heterocycles. The molecule has 1 fully saturated rings. The van der Waals surface area contributed by atoms with Crippen LogP contribution in [0.1, 0.15) is 18.1 Å². The number of hydrogen-bond donors (Lipinski definition) is 2. The van der Waals surface area contributed by atoms with Crippen molar-refractivity contribution in [1.82, 2.24) is 34.7 Å². The first-order valence-corrected chi connectivity index (χ1v) is 11.2. The molecule has 3 N–H and O–H groups in total. The monoisotopic (exact) mass is 475 g/mol. The van der Waals surface area contributed by atoms with Crippen LogP contribution in [0.25, 0.3) is 0 Å². The highest BCUT2D eigenvalue weighted by Crippen LogP contribution is 2.26. The molecule has 1 saturated heterocycles. The first-order valence-electron chi connectivity index (χ1n) is 11.2. The average molecular weight is 476 g/mol. The maximum absolute atomic E-state index is 13.3. The van der Waals surface area contributed by atoms with Crippen molar-refractivity contribution in [3.63, 3.8) is 0 Å². The fourth-order valence-electron chi connectivity index (χ4n) is 3.94. The Balaban J connectivity index is 1.22. The number of benzene rings is 1. The van der Waals surface area contributed by atoms with Gasteiger partial charge in [0.25, 0.3) is 0 Å². The van der Waals surface area contributed by atoms with Gasteiger partial charge in [-0.2, -0.15) is 10.1 Å². The Hall–Kier alpha value is -4.19. The lowest BCUT2D eigenvalue weighted by Crippen LogP contribution is -2.47. The summed E-state index contributed by atoms with van der Waals surface area (Å²) in [5.41, 5.74) is 8.06. The molecule has 1 aromatic carbocycles. The van der Waals surface area contributed by atoms with E-state index in [0.717, 1.165) is 16.8 Å². The van der Waals surface area contributed by atoms with Crippen LogP contribution in [-0.4, -0.2) is 60.9 Å². The lowest BCUT2D eigenvalue weighted by molar-refractivity contribution is 0.585. The summed E-state index contributed by atoms with van der Waals surface area (Å²) in [5.74, 6) is 1.42. The summed E-state index contributed by atoms with van der Waals surface area (Å²) < 4.78 is 15.0. The summed E-state index contributed by atoms with van der Waals surface area (Å²) in [7, 11) is 1.85. The van der Waals surface area contributed by atoms with Gasteiger partial charge in [-0.05, 0) is 24.6 Å². The van der Waals surface area contributed by atoms with Crippen LogP contribution in [0.15, 0.2) is 55.4 Å². The molecular formula is C23H26FN11. The Morgan fingerprint density at radius 2 is 1.54 bits per heavy atom. The number of aromatic nitrogens is 7. The number of nitrogens with two attached hydrogens (primary N) is 1. The van der Waals surface area contributed by atoms with Crippen LogP contribution in [0.5, 0.6) is 0 Å². The van der Waals surface area contributed by atoms with Gasteiger partial charge in [0.1, 0.15) is 12.1 Å². The smallest absolute Gasteiger partial charge is 0.232 e. The molecule has 12 heteroatoms. The van der Waals surface area contributed by atoms with E-state index in [2.05, 4.69) is 45.1 Å². The molecule has 180 valence electrons. The number of hydrogen-bond acceptors (Lipinski definition) is 10. The molecule has 1 atom stereocenters. The molecule has 1 aliphatic heterocycles. The van der Waals surface area contributed by atoms with Crippen LogP contribution >= 0.6 is 0 Å². The van der Waals surface area contributed by atoms with Crippen LogP contribution in [-0.2, 0) is 12.6 Å². The van der Waals surface area contributed by atoms with Crippen molar-refractivity contribution in [3.05, 3.63) is 72.3 Å². The normalized spacial score (nSPS) is 15.7. The molecule has 5 rings (SSSR count). The van der Waals surface area contributed by atoms with Gasteiger partial charge < -0.3 is 20.9 Å². The zero-order chi connectivity index (χ0) is 24.4. The third-order valence-electron chi connectivity index (χ3n) is 6.05. The summed E-state index contributed by atoms with van der Waals surface area (Å²) in [4.78, 5) is 26.4. The Bertz CT molecular complexity index is 1280. The molecule has 0 bridgehead atoms. The summed E-state index contributed by atoms with van der Waals surface area (Å²) in [6.07, 6.45) is 8.53. The molecule has 35 heavy (non-hydrogen) atoms. The Morgan fingerprint density at radius 1 is 0.886 bits per heavy atom. The number of nitrogens with one attached hydrogen (secondary N) is 1. The van der Waals surface area contributed by atoms with Gasteiger partial charge in [-0.1, -0.05) is 12.1 Å². The van der Waals surface area contributed by atoms with Crippen molar-refractivity contribution in [1.29, 1.82) is 0 Å². The van der Waals surface area contributed by atoms with Gasteiger partial charge in [-0.25, -0.2) is 24.3 Å². The Morgan fingerprint density at radius 3 is 2.17 bits per heavy atom. The lowest BCUT2D eigenvalue weighted by atomic mass is 9.87. The van der Waals surface area contributed by atoms with Crippen LogP contribution in [0.2, 0.25) is 0 Å². The second-order valence-corrected chi connectivity index (χ2v) is 8.59. The van der Waals surface area contributed by atoms with Crippen molar-refractivity contribution < 1.29 is 4.39 Å². The highest BCUT2D eigenvalue weighted by atomic mass is 19.1. The molecule has 0 spiro atoms. The SMILES string of the molecule is Cn1cc(Nc2ncnc(N3CCN(c4ncc(C(C)(N)c5ccc(F)cc5)cn4)CC3)n2)cn1. The minimum absolute atomic E-state index is 0.298. The summed E-state index contributed by atoms with van der Waals surface area (Å²) in [6.45, 7) is 4.73. The molecule has 0 aliphatic carbocycles. The second kappa shape index (κ2) is 9.22. The molecule has 0 radical (unpaired) electrons. The van der Waals surface area contributed by atoms with Gasteiger partial charge in [-0.3, -0.25) is 4.68 Å². The standard InChI is InChI=1S/C23H26FN11/c1-23(25,16-3-5-18(24)6-4-16)17-11-26-21(27-12-17)34-7-9-35(10-8-34)22-29-15-28-20(32-22)31-19-13-30-33(2)14-19/h3-6,11-15H,7-10,25H2,1-2H3,(H,28,29,31,32). The molecule has 4 aromatic rings. The predicted octanol–water partition coefficient (Wildman–Crippen LogP) is 1.83. The van der Waals surface area contributed by atoms with Gasteiger partial charge in [0.2, 0.25) is 17.8 Å². The highest BCUT2D eigenvalue weighted by Gasteiger charge is 2.26.